The van der Waals surface area contributed by atoms with Crippen molar-refractivity contribution in [1.82, 2.24) is 0 Å². The quantitative estimate of drug-likeness (QED) is 0.0840. The Bertz CT molecular complexity index is 468. The van der Waals surface area contributed by atoms with Crippen molar-refractivity contribution in [2.75, 3.05) is 13.2 Å². The van der Waals surface area contributed by atoms with Crippen molar-refractivity contribution >= 4 is 13.8 Å². The maximum absolute atomic E-state index is 11.5. The van der Waals surface area contributed by atoms with Gasteiger partial charge in [-0.05, 0) is 32.1 Å². The number of hydrogen-bond donors (Lipinski definition) is 3. The summed E-state index contributed by atoms with van der Waals surface area (Å²) < 4.78 is 19.5. The van der Waals surface area contributed by atoms with Crippen molar-refractivity contribution in [3.05, 3.63) is 12.2 Å². The van der Waals surface area contributed by atoms with Gasteiger partial charge in [0, 0.05) is 6.42 Å². The van der Waals surface area contributed by atoms with E-state index in [2.05, 4.69) is 23.6 Å². The van der Waals surface area contributed by atoms with Gasteiger partial charge in [0.15, 0.2) is 0 Å². The Morgan fingerprint density at radius 2 is 1.37 bits per heavy atom. The molecule has 0 aliphatic carbocycles. The number of aliphatic hydroxyl groups excluding tert-OH is 1. The molecule has 0 aliphatic rings. The first-order valence-corrected chi connectivity index (χ1v) is 12.6. The average Bonchev–Trinajstić information content (AvgIpc) is 2.67. The number of phosphoric ester groups is 1. The fourth-order valence-corrected chi connectivity index (χ4v) is 3.20. The predicted octanol–water partition coefficient (Wildman–Crippen LogP) is 2.04. The van der Waals surface area contributed by atoms with Crippen molar-refractivity contribution in [3.8, 4) is 0 Å². The molecule has 7 nitrogen and oxygen atoms in total. The van der Waals surface area contributed by atoms with Gasteiger partial charge in [-0.3, -0.25) is 9.32 Å². The predicted molar refractivity (Wildman–Crippen MR) is 114 cm³/mol. The summed E-state index contributed by atoms with van der Waals surface area (Å²) in [6.45, 7) is 1.33. The molecule has 0 radical (unpaired) electrons. The van der Waals surface area contributed by atoms with Crippen LogP contribution in [0.15, 0.2) is 12.2 Å². The molecule has 30 heavy (non-hydrogen) atoms. The number of ether oxygens (including phenoxy) is 1. The van der Waals surface area contributed by atoms with E-state index in [-0.39, 0.29) is 42.6 Å². The molecule has 0 rings (SSSR count). The first-order chi connectivity index (χ1) is 13.8. The van der Waals surface area contributed by atoms with Crippen LogP contribution in [-0.4, -0.2) is 40.2 Å². The molecule has 0 saturated heterocycles. The first kappa shape index (κ1) is 32.5. The molecular formula is C21H41NaO7P+. The van der Waals surface area contributed by atoms with Crippen molar-refractivity contribution in [3.63, 3.8) is 0 Å². The summed E-state index contributed by atoms with van der Waals surface area (Å²) in [7, 11) is -4.62. The molecule has 0 aromatic rings. The van der Waals surface area contributed by atoms with E-state index in [1.165, 1.54) is 51.4 Å². The molecule has 0 heterocycles. The second-order valence-electron chi connectivity index (χ2n) is 7.46. The Morgan fingerprint density at radius 3 is 1.90 bits per heavy atom. The molecule has 0 aromatic heterocycles. The van der Waals surface area contributed by atoms with Gasteiger partial charge >= 0.3 is 43.3 Å². The SMILES string of the molecule is CCCCCCCC/C=C\CCCCCCCC(=O)OCC(O)COP(=O)(O)O.[Na+]. The molecule has 0 aliphatic heterocycles. The summed E-state index contributed by atoms with van der Waals surface area (Å²) >= 11 is 0. The van der Waals surface area contributed by atoms with E-state index >= 15 is 0 Å². The fraction of sp³-hybridized carbons (Fsp3) is 0.857. The third kappa shape index (κ3) is 26.3. The number of phosphoric acid groups is 1. The zero-order chi connectivity index (χ0) is 21.8. The number of carbonyl (C=O) groups excluding carboxylic acids is 1. The number of allylic oxidation sites excluding steroid dienone is 2. The minimum atomic E-state index is -4.62. The first-order valence-electron chi connectivity index (χ1n) is 11.0. The summed E-state index contributed by atoms with van der Waals surface area (Å²) in [6, 6.07) is 0. The zero-order valence-corrected chi connectivity index (χ0v) is 21.9. The van der Waals surface area contributed by atoms with Crippen LogP contribution in [0.25, 0.3) is 0 Å². The summed E-state index contributed by atoms with van der Waals surface area (Å²) in [5, 5.41) is 9.41. The maximum Gasteiger partial charge on any atom is 1.00 e. The molecule has 0 fully saturated rings. The van der Waals surface area contributed by atoms with Gasteiger partial charge in [0.2, 0.25) is 0 Å². The van der Waals surface area contributed by atoms with E-state index in [1.807, 2.05) is 0 Å². The molecule has 1 unspecified atom stereocenters. The minimum Gasteiger partial charge on any atom is -0.463 e. The number of rotatable bonds is 20. The van der Waals surface area contributed by atoms with E-state index < -0.39 is 26.5 Å². The number of aliphatic hydroxyl groups is 1. The Morgan fingerprint density at radius 1 is 0.867 bits per heavy atom. The van der Waals surface area contributed by atoms with Crippen LogP contribution in [0.1, 0.15) is 96.8 Å². The number of hydrogen-bond acceptors (Lipinski definition) is 5. The van der Waals surface area contributed by atoms with E-state index in [0.717, 1.165) is 32.1 Å². The largest absolute Gasteiger partial charge is 1.00 e. The molecule has 0 spiro atoms. The van der Waals surface area contributed by atoms with Crippen LogP contribution in [-0.2, 0) is 18.6 Å². The smallest absolute Gasteiger partial charge is 0.463 e. The molecule has 0 bridgehead atoms. The second kappa shape index (κ2) is 22.5. The summed E-state index contributed by atoms with van der Waals surface area (Å²) in [5.74, 6) is -0.419. The van der Waals surface area contributed by atoms with Gasteiger partial charge in [0.05, 0.1) is 6.61 Å². The van der Waals surface area contributed by atoms with Gasteiger partial charge in [-0.1, -0.05) is 70.4 Å². The van der Waals surface area contributed by atoms with E-state index in [4.69, 9.17) is 14.5 Å². The van der Waals surface area contributed by atoms with Crippen molar-refractivity contribution < 1.29 is 63.1 Å². The topological polar surface area (TPSA) is 113 Å². The van der Waals surface area contributed by atoms with E-state index in [0.29, 0.717) is 0 Å². The monoisotopic (exact) mass is 459 g/mol. The van der Waals surface area contributed by atoms with Crippen LogP contribution in [0.2, 0.25) is 0 Å². The molecular weight excluding hydrogens is 418 g/mol. The molecule has 3 N–H and O–H groups in total. The Hall–Kier alpha value is 0.280. The third-order valence-corrected chi connectivity index (χ3v) is 5.00. The van der Waals surface area contributed by atoms with Gasteiger partial charge in [0.1, 0.15) is 12.7 Å². The standard InChI is InChI=1S/C21H41O7P.Na/c1-2-3-4-5-6-7-8-9-10-11-12-13-14-15-16-17-21(23)27-18-20(22)19-28-29(24,25)26;/h9-10,20,22H,2-8,11-19H2,1H3,(H2,24,25,26);/q;+1/b10-9-;. The summed E-state index contributed by atoms with van der Waals surface area (Å²) in [6.07, 6.45) is 19.0. The van der Waals surface area contributed by atoms with Crippen molar-refractivity contribution in [1.29, 1.82) is 0 Å². The summed E-state index contributed by atoms with van der Waals surface area (Å²) in [4.78, 5) is 28.6. The Balaban J connectivity index is 0. The number of unbranched alkanes of at least 4 members (excludes halogenated alkanes) is 11. The van der Waals surface area contributed by atoms with E-state index in [1.54, 1.807) is 0 Å². The third-order valence-electron chi connectivity index (χ3n) is 4.51. The molecule has 0 aromatic carbocycles. The van der Waals surface area contributed by atoms with Crippen LogP contribution in [0, 0.1) is 0 Å². The Labute approximate surface area is 204 Å². The van der Waals surface area contributed by atoms with Crippen LogP contribution < -0.4 is 29.6 Å². The van der Waals surface area contributed by atoms with Crippen LogP contribution in [0.5, 0.6) is 0 Å². The summed E-state index contributed by atoms with van der Waals surface area (Å²) in [5.41, 5.74) is 0. The molecule has 0 saturated carbocycles. The normalized spacial score (nSPS) is 12.7. The van der Waals surface area contributed by atoms with Gasteiger partial charge in [-0.15, -0.1) is 0 Å². The van der Waals surface area contributed by atoms with Gasteiger partial charge in [-0.25, -0.2) is 4.57 Å². The fourth-order valence-electron chi connectivity index (χ4n) is 2.83. The second-order valence-corrected chi connectivity index (χ2v) is 8.70. The van der Waals surface area contributed by atoms with Gasteiger partial charge < -0.3 is 19.6 Å². The van der Waals surface area contributed by atoms with Crippen molar-refractivity contribution in [2.24, 2.45) is 0 Å². The number of esters is 1. The average molecular weight is 460 g/mol. The van der Waals surface area contributed by atoms with Crippen LogP contribution >= 0.6 is 7.82 Å². The maximum atomic E-state index is 11.5. The Kier molecular flexibility index (Phi) is 24.3. The van der Waals surface area contributed by atoms with Gasteiger partial charge in [0.25, 0.3) is 0 Å². The van der Waals surface area contributed by atoms with Crippen LogP contribution in [0.4, 0.5) is 0 Å². The van der Waals surface area contributed by atoms with Gasteiger partial charge in [-0.2, -0.15) is 0 Å². The molecule has 172 valence electrons. The molecule has 0 amide bonds. The molecule has 1 atom stereocenters. The van der Waals surface area contributed by atoms with Crippen LogP contribution in [0.3, 0.4) is 0 Å². The van der Waals surface area contributed by atoms with Crippen molar-refractivity contribution in [2.45, 2.75) is 103 Å². The minimum absolute atomic E-state index is 0. The zero-order valence-electron chi connectivity index (χ0n) is 19.0. The number of carbonyl (C=O) groups is 1. The molecule has 9 heteroatoms. The van der Waals surface area contributed by atoms with E-state index in [9.17, 15) is 14.5 Å².